The Bertz CT molecular complexity index is 695. The molecule has 2 heterocycles. The largest absolute Gasteiger partial charge is 0.350 e. The van der Waals surface area contributed by atoms with Gasteiger partial charge in [-0.2, -0.15) is 4.21 Å². The van der Waals surface area contributed by atoms with Crippen LogP contribution in [-0.2, 0) is 29.2 Å². The highest BCUT2D eigenvalue weighted by Gasteiger charge is 2.75. The zero-order chi connectivity index (χ0) is 20.8. The molecule has 1 spiro atoms. The summed E-state index contributed by atoms with van der Waals surface area (Å²) >= 11 is -1.68. The number of fused-ring (bicyclic) bond motifs is 1. The van der Waals surface area contributed by atoms with E-state index in [0.29, 0.717) is 35.5 Å². The zero-order valence-corrected chi connectivity index (χ0v) is 19.6. The topological polar surface area (TPSA) is 54.0 Å². The Morgan fingerprint density at radius 2 is 1.83 bits per heavy atom. The second-order valence-corrected chi connectivity index (χ2v) is 12.2. The third kappa shape index (κ3) is 2.88. The maximum absolute atomic E-state index is 12.8. The third-order valence-electron chi connectivity index (χ3n) is 9.25. The molecule has 2 saturated heterocycles. The van der Waals surface area contributed by atoms with Gasteiger partial charge in [0, 0.05) is 11.8 Å². The highest BCUT2D eigenvalue weighted by Crippen LogP contribution is 2.67. The van der Waals surface area contributed by atoms with Crippen LogP contribution in [-0.4, -0.2) is 33.9 Å². The Balaban J connectivity index is 1.70. The lowest BCUT2D eigenvalue weighted by atomic mass is 9.44. The highest BCUT2D eigenvalue weighted by atomic mass is 32.2. The van der Waals surface area contributed by atoms with Gasteiger partial charge in [-0.25, -0.2) is 0 Å². The van der Waals surface area contributed by atoms with E-state index in [9.17, 15) is 4.21 Å². The molecule has 0 radical (unpaired) electrons. The molecule has 0 amide bonds. The molecule has 10 atom stereocenters. The van der Waals surface area contributed by atoms with Crippen molar-refractivity contribution < 1.29 is 22.0 Å². The summed E-state index contributed by atoms with van der Waals surface area (Å²) in [5.41, 5.74) is -1.04. The summed E-state index contributed by atoms with van der Waals surface area (Å²) in [5.74, 6) is 2.53. The Kier molecular flexibility index (Phi) is 4.85. The van der Waals surface area contributed by atoms with Gasteiger partial charge in [0.1, 0.15) is 11.2 Å². The minimum atomic E-state index is -1.68. The summed E-state index contributed by atoms with van der Waals surface area (Å²) in [7, 11) is 0. The Morgan fingerprint density at radius 1 is 1.07 bits per heavy atom. The molecule has 166 valence electrons. The zero-order valence-electron chi connectivity index (χ0n) is 18.8. The van der Waals surface area contributed by atoms with Crippen molar-refractivity contribution in [1.82, 2.24) is 0 Å². The molecule has 6 heteroatoms. The van der Waals surface area contributed by atoms with Gasteiger partial charge in [0.2, 0.25) is 0 Å². The first kappa shape index (κ1) is 20.9. The first-order valence-corrected chi connectivity index (χ1v) is 12.7. The highest BCUT2D eigenvalue weighted by molar-refractivity contribution is 7.75. The van der Waals surface area contributed by atoms with Crippen LogP contribution in [0.15, 0.2) is 0 Å². The standard InChI is InChI=1S/C23H38O5S/c1-13(2)16-8-7-14(3)17-9-10-22(6)23(28-29(24)27-22)18(16)11-15-12-25-21(4,5)26-20(15)19(17)23/h13-20H,7-12H2,1-6H3/t14-,15+,16-,17+,18+,19+,20-,22-,23+,29?/m1/s1. The second-order valence-electron chi connectivity index (χ2n) is 11.5. The summed E-state index contributed by atoms with van der Waals surface area (Å²) in [6.45, 7) is 14.1. The molecular formula is C23H38O5S. The predicted octanol–water partition coefficient (Wildman–Crippen LogP) is 4.63. The number of rotatable bonds is 1. The molecule has 5 nitrogen and oxygen atoms in total. The van der Waals surface area contributed by atoms with Gasteiger partial charge in [0.15, 0.2) is 5.79 Å². The van der Waals surface area contributed by atoms with E-state index in [1.807, 2.05) is 13.8 Å². The van der Waals surface area contributed by atoms with Crippen LogP contribution < -0.4 is 0 Å². The lowest BCUT2D eigenvalue weighted by molar-refractivity contribution is -0.351. The second kappa shape index (κ2) is 6.74. The molecule has 0 aromatic carbocycles. The van der Waals surface area contributed by atoms with Gasteiger partial charge in [0.25, 0.3) is 0 Å². The minimum absolute atomic E-state index is 0.0756. The van der Waals surface area contributed by atoms with E-state index in [0.717, 1.165) is 25.9 Å². The maximum atomic E-state index is 12.8. The molecule has 3 saturated carbocycles. The van der Waals surface area contributed by atoms with Crippen molar-refractivity contribution in [2.75, 3.05) is 6.61 Å². The van der Waals surface area contributed by atoms with Crippen molar-refractivity contribution in [1.29, 1.82) is 0 Å². The van der Waals surface area contributed by atoms with Crippen molar-refractivity contribution in [3.63, 3.8) is 0 Å². The molecule has 5 rings (SSSR count). The lowest BCUT2D eigenvalue weighted by Crippen LogP contribution is -2.74. The predicted molar refractivity (Wildman–Crippen MR) is 111 cm³/mol. The van der Waals surface area contributed by atoms with E-state index in [4.69, 9.17) is 17.8 Å². The van der Waals surface area contributed by atoms with Gasteiger partial charge in [-0.05, 0) is 76.0 Å². The van der Waals surface area contributed by atoms with Gasteiger partial charge in [-0.3, -0.25) is 8.37 Å². The Hall–Kier alpha value is -0.0100. The van der Waals surface area contributed by atoms with Gasteiger partial charge in [-0.1, -0.05) is 27.2 Å². The van der Waals surface area contributed by atoms with Crippen LogP contribution in [0.3, 0.4) is 0 Å². The van der Waals surface area contributed by atoms with Crippen LogP contribution in [0, 0.1) is 41.4 Å². The fourth-order valence-electron chi connectivity index (χ4n) is 7.94. The Morgan fingerprint density at radius 3 is 2.55 bits per heavy atom. The van der Waals surface area contributed by atoms with Crippen LogP contribution in [0.2, 0.25) is 0 Å². The summed E-state index contributed by atoms with van der Waals surface area (Å²) in [6.07, 6.45) is 5.57. The van der Waals surface area contributed by atoms with Crippen LogP contribution in [0.4, 0.5) is 0 Å². The maximum Gasteiger partial charge on any atom is 0.305 e. The minimum Gasteiger partial charge on any atom is -0.350 e. The van der Waals surface area contributed by atoms with Crippen molar-refractivity contribution >= 4 is 11.4 Å². The number of hydrogen-bond acceptors (Lipinski definition) is 5. The molecule has 29 heavy (non-hydrogen) atoms. The molecule has 4 bridgehead atoms. The van der Waals surface area contributed by atoms with Gasteiger partial charge in [-0.15, -0.1) is 0 Å². The number of ether oxygens (including phenoxy) is 2. The van der Waals surface area contributed by atoms with E-state index in [-0.39, 0.29) is 12.0 Å². The van der Waals surface area contributed by atoms with Crippen molar-refractivity contribution in [3.8, 4) is 0 Å². The Labute approximate surface area is 178 Å². The van der Waals surface area contributed by atoms with E-state index in [2.05, 4.69) is 27.7 Å². The fraction of sp³-hybridized carbons (Fsp3) is 1.00. The average molecular weight is 427 g/mol. The molecule has 2 aliphatic heterocycles. The van der Waals surface area contributed by atoms with Crippen LogP contribution in [0.1, 0.15) is 73.6 Å². The smallest absolute Gasteiger partial charge is 0.305 e. The summed E-state index contributed by atoms with van der Waals surface area (Å²) in [5, 5.41) is 0. The third-order valence-corrected chi connectivity index (χ3v) is 10.2. The van der Waals surface area contributed by atoms with E-state index < -0.39 is 28.4 Å². The van der Waals surface area contributed by atoms with Gasteiger partial charge < -0.3 is 9.47 Å². The normalized spacial score (nSPS) is 56.2. The molecule has 0 N–H and O–H groups in total. The van der Waals surface area contributed by atoms with E-state index >= 15 is 0 Å². The van der Waals surface area contributed by atoms with E-state index in [1.54, 1.807) is 0 Å². The van der Waals surface area contributed by atoms with Crippen LogP contribution in [0.5, 0.6) is 0 Å². The first-order valence-electron chi connectivity index (χ1n) is 11.7. The van der Waals surface area contributed by atoms with Crippen molar-refractivity contribution in [3.05, 3.63) is 0 Å². The van der Waals surface area contributed by atoms with Crippen LogP contribution >= 0.6 is 0 Å². The SMILES string of the molecule is CC(C)[C@H]1CC[C@@H](C)[C@@H]2CC[C@@]3(C)OS(=O)O[C@@]34[C@@H]2[C@@H]2OC(C)(C)OC[C@@H]2C[C@@H]14. The first-order chi connectivity index (χ1) is 13.6. The van der Waals surface area contributed by atoms with Crippen molar-refractivity contribution in [2.45, 2.75) is 96.7 Å². The molecule has 0 aromatic rings. The molecule has 3 aliphatic carbocycles. The van der Waals surface area contributed by atoms with Crippen LogP contribution in [0.25, 0.3) is 0 Å². The molecule has 1 unspecified atom stereocenters. The number of hydrogen-bond donors (Lipinski definition) is 0. The van der Waals surface area contributed by atoms with Crippen molar-refractivity contribution in [2.24, 2.45) is 41.4 Å². The molecular weight excluding hydrogens is 388 g/mol. The summed E-state index contributed by atoms with van der Waals surface area (Å²) in [6, 6.07) is 0. The van der Waals surface area contributed by atoms with E-state index in [1.165, 1.54) is 12.8 Å². The monoisotopic (exact) mass is 426 g/mol. The molecule has 0 aromatic heterocycles. The summed E-state index contributed by atoms with van der Waals surface area (Å²) < 4.78 is 38.2. The lowest BCUT2D eigenvalue weighted by Gasteiger charge is -2.66. The van der Waals surface area contributed by atoms with Gasteiger partial charge >= 0.3 is 11.4 Å². The fourth-order valence-corrected chi connectivity index (χ4v) is 9.12. The summed E-state index contributed by atoms with van der Waals surface area (Å²) in [4.78, 5) is 0. The molecule has 5 aliphatic rings. The molecule has 5 fully saturated rings. The quantitative estimate of drug-likeness (QED) is 0.612. The van der Waals surface area contributed by atoms with Gasteiger partial charge in [0.05, 0.1) is 12.7 Å². The average Bonchev–Trinajstić information content (AvgIpc) is 2.89.